The molecule has 1 unspecified atom stereocenters. The van der Waals surface area contributed by atoms with Crippen molar-refractivity contribution >= 4 is 21.8 Å². The van der Waals surface area contributed by atoms with Gasteiger partial charge in [-0.25, -0.2) is 0 Å². The highest BCUT2D eigenvalue weighted by atomic mass is 79.9. The van der Waals surface area contributed by atoms with E-state index in [0.717, 1.165) is 64.2 Å². The van der Waals surface area contributed by atoms with Crippen molar-refractivity contribution in [1.82, 2.24) is 5.32 Å². The second-order valence-corrected chi connectivity index (χ2v) is 8.08. The third-order valence-corrected chi connectivity index (χ3v) is 5.49. The van der Waals surface area contributed by atoms with Gasteiger partial charge in [-0.2, -0.15) is 0 Å². The van der Waals surface area contributed by atoms with Crippen molar-refractivity contribution in [3.05, 3.63) is 57.6 Å². The van der Waals surface area contributed by atoms with E-state index in [2.05, 4.69) is 45.3 Å². The number of hydrogen-bond acceptors (Lipinski definition) is 5. The summed E-state index contributed by atoms with van der Waals surface area (Å²) in [7, 11) is 1.70. The summed E-state index contributed by atoms with van der Waals surface area (Å²) in [6, 6.07) is 12.2. The van der Waals surface area contributed by atoms with Gasteiger partial charge in [-0.3, -0.25) is 4.99 Å². The number of aliphatic hydroxyl groups excluding tert-OH is 1. The Kier molecular flexibility index (Phi) is 7.95. The Hall–Kier alpha value is -2.05. The normalized spacial score (nSPS) is 16.1. The molecule has 2 aromatic rings. The van der Waals surface area contributed by atoms with Crippen molar-refractivity contribution in [3.63, 3.8) is 0 Å². The summed E-state index contributed by atoms with van der Waals surface area (Å²) in [5.41, 5.74) is 3.32. The van der Waals surface area contributed by atoms with Crippen LogP contribution in [0.25, 0.3) is 0 Å². The first-order valence-corrected chi connectivity index (χ1v) is 11.0. The van der Waals surface area contributed by atoms with Crippen LogP contribution in [0.4, 0.5) is 0 Å². The number of aliphatic imine (C=N–C) groups is 1. The predicted molar refractivity (Wildman–Crippen MR) is 120 cm³/mol. The maximum atomic E-state index is 9.76. The van der Waals surface area contributed by atoms with Crippen molar-refractivity contribution in [3.8, 4) is 11.5 Å². The molecule has 1 atom stereocenters. The lowest BCUT2D eigenvalue weighted by molar-refractivity contribution is 0.181. The highest BCUT2D eigenvalue weighted by Gasteiger charge is 2.19. The number of nitrogens with zero attached hydrogens (tertiary/aromatic N) is 1. The van der Waals surface area contributed by atoms with Gasteiger partial charge in [-0.05, 0) is 49.1 Å². The van der Waals surface area contributed by atoms with Gasteiger partial charge in [0.2, 0.25) is 0 Å². The molecule has 0 aliphatic carbocycles. The van der Waals surface area contributed by atoms with Crippen LogP contribution in [0.1, 0.15) is 36.5 Å². The Morgan fingerprint density at radius 3 is 2.79 bits per heavy atom. The molecule has 1 aliphatic heterocycles. The number of ether oxygens (including phenoxy) is 2. The van der Waals surface area contributed by atoms with Crippen molar-refractivity contribution in [2.45, 2.75) is 38.7 Å². The lowest BCUT2D eigenvalue weighted by Gasteiger charge is -2.22. The highest BCUT2D eigenvalue weighted by molar-refractivity contribution is 9.10. The minimum absolute atomic E-state index is 0.419. The summed E-state index contributed by atoms with van der Waals surface area (Å²) in [5, 5.41) is 13.0. The fraction of sp³-hybridized carbons (Fsp3) is 0.435. The Morgan fingerprint density at radius 2 is 2.07 bits per heavy atom. The second-order valence-electron chi connectivity index (χ2n) is 7.16. The van der Waals surface area contributed by atoms with Gasteiger partial charge in [0.1, 0.15) is 17.3 Å². The molecule has 0 spiro atoms. The van der Waals surface area contributed by atoms with Crippen LogP contribution in [0.15, 0.2) is 45.9 Å². The molecule has 0 radical (unpaired) electrons. The first-order chi connectivity index (χ1) is 14.1. The van der Waals surface area contributed by atoms with Crippen LogP contribution in [-0.2, 0) is 12.8 Å². The summed E-state index contributed by atoms with van der Waals surface area (Å²) in [6.45, 7) is 3.79. The summed E-state index contributed by atoms with van der Waals surface area (Å²) >= 11 is 3.56. The van der Waals surface area contributed by atoms with Gasteiger partial charge in [0.15, 0.2) is 0 Å². The number of rotatable bonds is 9. The number of unbranched alkanes of at least 4 members (excludes halogenated alkanes) is 1. The maximum absolute atomic E-state index is 9.76. The van der Waals surface area contributed by atoms with Gasteiger partial charge >= 0.3 is 0 Å². The molecule has 0 bridgehead atoms. The monoisotopic (exact) mass is 460 g/mol. The van der Waals surface area contributed by atoms with Crippen LogP contribution < -0.4 is 14.8 Å². The fourth-order valence-corrected chi connectivity index (χ4v) is 3.83. The molecule has 6 heteroatoms. The van der Waals surface area contributed by atoms with Gasteiger partial charge in [0.25, 0.3) is 0 Å². The first kappa shape index (κ1) is 21.7. The minimum atomic E-state index is -0.433. The van der Waals surface area contributed by atoms with E-state index in [1.807, 2.05) is 24.3 Å². The van der Waals surface area contributed by atoms with E-state index in [9.17, 15) is 5.11 Å². The highest BCUT2D eigenvalue weighted by Crippen LogP contribution is 2.29. The average molecular weight is 461 g/mol. The molecule has 2 aromatic carbocycles. The molecule has 0 fully saturated rings. The number of β-amino-alcohol motifs (C(OH)–C–C–N with tert-alkyl or cyclic N) is 1. The molecule has 0 amide bonds. The van der Waals surface area contributed by atoms with Crippen LogP contribution in [0, 0.1) is 0 Å². The number of nitrogens with one attached hydrogen (secondary N) is 1. The standard InChI is InChI=1S/C23H29BrN2O3/c1-3-4-12-29-22-7-5-6-20(23-25-14-18(27)15-26-23)19(22)10-8-16-13-17(24)9-11-21(16)28-2/h5-7,9,11,13,18,27H,3-4,8,10,12,14-15H2,1-2H3,(H,25,26). The number of amidine groups is 1. The molecule has 1 heterocycles. The first-order valence-electron chi connectivity index (χ1n) is 10.2. The molecule has 0 saturated heterocycles. The topological polar surface area (TPSA) is 63.1 Å². The number of hydrogen-bond donors (Lipinski definition) is 2. The molecule has 1 aliphatic rings. The van der Waals surface area contributed by atoms with Gasteiger partial charge < -0.3 is 19.9 Å². The summed E-state index contributed by atoms with van der Waals surface area (Å²) < 4.78 is 12.7. The van der Waals surface area contributed by atoms with E-state index in [4.69, 9.17) is 9.47 Å². The maximum Gasteiger partial charge on any atom is 0.128 e. The third-order valence-electron chi connectivity index (χ3n) is 5.00. The van der Waals surface area contributed by atoms with Crippen LogP contribution in [0.2, 0.25) is 0 Å². The molecule has 2 N–H and O–H groups in total. The minimum Gasteiger partial charge on any atom is -0.496 e. The van der Waals surface area contributed by atoms with Crippen LogP contribution in [-0.4, -0.2) is 43.9 Å². The van der Waals surface area contributed by atoms with E-state index in [-0.39, 0.29) is 0 Å². The Bertz CT molecular complexity index is 854. The van der Waals surface area contributed by atoms with E-state index in [0.29, 0.717) is 19.7 Å². The Balaban J connectivity index is 1.90. The Morgan fingerprint density at radius 1 is 1.21 bits per heavy atom. The number of halogens is 1. The third kappa shape index (κ3) is 5.73. The average Bonchev–Trinajstić information content (AvgIpc) is 2.73. The molecule has 29 heavy (non-hydrogen) atoms. The molecular formula is C23H29BrN2O3. The van der Waals surface area contributed by atoms with Gasteiger partial charge in [0, 0.05) is 22.1 Å². The fourth-order valence-electron chi connectivity index (χ4n) is 3.42. The zero-order chi connectivity index (χ0) is 20.6. The van der Waals surface area contributed by atoms with Crippen LogP contribution >= 0.6 is 15.9 Å². The predicted octanol–water partition coefficient (Wildman–Crippen LogP) is 4.13. The molecule has 5 nitrogen and oxygen atoms in total. The molecule has 3 rings (SSSR count). The summed E-state index contributed by atoms with van der Waals surface area (Å²) in [5.74, 6) is 2.61. The van der Waals surface area contributed by atoms with E-state index in [1.54, 1.807) is 7.11 Å². The molecular weight excluding hydrogens is 432 g/mol. The van der Waals surface area contributed by atoms with Crippen molar-refractivity contribution < 1.29 is 14.6 Å². The Labute approximate surface area is 181 Å². The van der Waals surface area contributed by atoms with E-state index >= 15 is 0 Å². The largest absolute Gasteiger partial charge is 0.496 e. The number of aliphatic hydroxyl groups is 1. The number of aryl methyl sites for hydroxylation is 1. The van der Waals surface area contributed by atoms with E-state index < -0.39 is 6.10 Å². The quantitative estimate of drug-likeness (QED) is 0.552. The van der Waals surface area contributed by atoms with Gasteiger partial charge in [-0.1, -0.05) is 41.4 Å². The van der Waals surface area contributed by atoms with Crippen LogP contribution in [0.3, 0.4) is 0 Å². The lowest BCUT2D eigenvalue weighted by Crippen LogP contribution is -2.39. The van der Waals surface area contributed by atoms with Crippen molar-refractivity contribution in [2.75, 3.05) is 26.8 Å². The van der Waals surface area contributed by atoms with Crippen LogP contribution in [0.5, 0.6) is 11.5 Å². The second kappa shape index (κ2) is 10.6. The van der Waals surface area contributed by atoms with Gasteiger partial charge in [0.05, 0.1) is 26.4 Å². The lowest BCUT2D eigenvalue weighted by atomic mass is 9.97. The van der Waals surface area contributed by atoms with Crippen molar-refractivity contribution in [2.24, 2.45) is 4.99 Å². The van der Waals surface area contributed by atoms with Crippen molar-refractivity contribution in [1.29, 1.82) is 0 Å². The molecule has 0 saturated carbocycles. The molecule has 0 aromatic heterocycles. The van der Waals surface area contributed by atoms with E-state index in [1.165, 1.54) is 0 Å². The zero-order valence-corrected chi connectivity index (χ0v) is 18.7. The number of benzene rings is 2. The number of methoxy groups -OCH3 is 1. The summed E-state index contributed by atoms with van der Waals surface area (Å²) in [4.78, 5) is 4.55. The zero-order valence-electron chi connectivity index (χ0n) is 17.1. The summed E-state index contributed by atoms with van der Waals surface area (Å²) in [6.07, 6.45) is 3.30. The SMILES string of the molecule is CCCCOc1cccc(C2=NCC(O)CN2)c1CCc1cc(Br)ccc1OC. The van der Waals surface area contributed by atoms with Gasteiger partial charge in [-0.15, -0.1) is 0 Å². The smallest absolute Gasteiger partial charge is 0.128 e. The molecule has 156 valence electrons.